The average Bonchev–Trinajstić information content (AvgIpc) is 3.68. The number of nitrogens with two attached hydrogens (primary N) is 1. The molecule has 2 saturated heterocycles. The summed E-state index contributed by atoms with van der Waals surface area (Å²) in [6.07, 6.45) is 4.50. The molecule has 0 unspecified atom stereocenters. The van der Waals surface area contributed by atoms with Gasteiger partial charge in [-0.1, -0.05) is 30.3 Å². The van der Waals surface area contributed by atoms with Crippen molar-refractivity contribution in [2.75, 3.05) is 18.1 Å². The number of imidazole rings is 1. The number of carbonyl (C=O) groups is 4. The fraction of sp³-hybridized carbons (Fsp3) is 0.517. The van der Waals surface area contributed by atoms with Crippen molar-refractivity contribution in [3.05, 3.63) is 60.2 Å². The SMILES string of the molecule is CC(C)(C)OC(=O)C[C@@H]([CH]NNC(N)=O)NC(=O)[C@@H]1CC2(CN1C(=O)c1ncc(CCCc3ccccc3)[nH]1)SCCS2. The molecule has 2 aliphatic heterocycles. The molecule has 233 valence electrons. The highest BCUT2D eigenvalue weighted by molar-refractivity contribution is 8.21. The van der Waals surface area contributed by atoms with Crippen LogP contribution in [0.15, 0.2) is 36.5 Å². The number of aryl methyl sites for hydroxylation is 2. The predicted octanol–water partition coefficient (Wildman–Crippen LogP) is 2.53. The van der Waals surface area contributed by atoms with E-state index in [0.717, 1.165) is 36.5 Å². The summed E-state index contributed by atoms with van der Waals surface area (Å²) in [6, 6.07) is 7.75. The van der Waals surface area contributed by atoms with Gasteiger partial charge in [-0.2, -0.15) is 0 Å². The summed E-state index contributed by atoms with van der Waals surface area (Å²) in [5, 5.41) is 2.85. The number of likely N-dealkylation sites (tertiary alicyclic amines) is 1. The number of hydrogen-bond donors (Lipinski definition) is 5. The van der Waals surface area contributed by atoms with Crippen molar-refractivity contribution >= 4 is 47.3 Å². The van der Waals surface area contributed by atoms with Gasteiger partial charge in [-0.05, 0) is 45.6 Å². The lowest BCUT2D eigenvalue weighted by molar-refractivity contribution is -0.155. The molecule has 4 rings (SSSR count). The van der Waals surface area contributed by atoms with Crippen LogP contribution < -0.4 is 21.9 Å². The lowest BCUT2D eigenvalue weighted by Gasteiger charge is -2.26. The number of carbonyl (C=O) groups excluding carboxylic acids is 4. The predicted molar refractivity (Wildman–Crippen MR) is 167 cm³/mol. The Hall–Kier alpha value is -3.23. The Kier molecular flexibility index (Phi) is 11.0. The third-order valence-corrected chi connectivity index (χ3v) is 10.3. The van der Waals surface area contributed by atoms with E-state index in [1.807, 2.05) is 18.2 Å². The number of ether oxygens (including phenoxy) is 1. The number of thioether (sulfide) groups is 2. The molecule has 2 aromatic rings. The number of amides is 4. The molecule has 0 bridgehead atoms. The van der Waals surface area contributed by atoms with E-state index in [9.17, 15) is 19.2 Å². The average molecular weight is 631 g/mol. The molecule has 4 amide bonds. The van der Waals surface area contributed by atoms with Gasteiger partial charge in [0.2, 0.25) is 5.91 Å². The lowest BCUT2D eigenvalue weighted by Crippen LogP contribution is -2.52. The highest BCUT2D eigenvalue weighted by Crippen LogP contribution is 2.52. The van der Waals surface area contributed by atoms with E-state index in [1.165, 1.54) is 12.1 Å². The van der Waals surface area contributed by atoms with E-state index in [2.05, 4.69) is 38.3 Å². The summed E-state index contributed by atoms with van der Waals surface area (Å²) in [5.74, 6) is 0.764. The fourth-order valence-corrected chi connectivity index (χ4v) is 8.31. The molecule has 1 aromatic heterocycles. The summed E-state index contributed by atoms with van der Waals surface area (Å²) in [5.41, 5.74) is 11.2. The molecule has 1 spiro atoms. The van der Waals surface area contributed by atoms with Gasteiger partial charge in [-0.3, -0.25) is 19.8 Å². The molecular weight excluding hydrogens is 590 g/mol. The molecule has 14 heteroatoms. The molecule has 6 N–H and O–H groups in total. The van der Waals surface area contributed by atoms with E-state index in [0.29, 0.717) is 13.0 Å². The van der Waals surface area contributed by atoms with Crippen LogP contribution in [0.4, 0.5) is 4.79 Å². The number of nitrogens with zero attached hydrogens (tertiary/aromatic N) is 2. The smallest absolute Gasteiger partial charge is 0.326 e. The number of aromatic nitrogens is 2. The zero-order chi connectivity index (χ0) is 31.0. The van der Waals surface area contributed by atoms with Crippen LogP contribution in [-0.2, 0) is 27.2 Å². The first-order chi connectivity index (χ1) is 20.4. The summed E-state index contributed by atoms with van der Waals surface area (Å²) in [7, 11) is 0. The molecular formula is C29H40N7O5S2. The summed E-state index contributed by atoms with van der Waals surface area (Å²) >= 11 is 3.52. The summed E-state index contributed by atoms with van der Waals surface area (Å²) in [6.45, 7) is 6.98. The lowest BCUT2D eigenvalue weighted by atomic mass is 10.1. The van der Waals surface area contributed by atoms with Crippen molar-refractivity contribution in [2.24, 2.45) is 5.73 Å². The van der Waals surface area contributed by atoms with Gasteiger partial charge in [0.15, 0.2) is 5.82 Å². The number of urea groups is 1. The highest BCUT2D eigenvalue weighted by Gasteiger charge is 2.52. The van der Waals surface area contributed by atoms with E-state index < -0.39 is 35.6 Å². The Bertz CT molecular complexity index is 1280. The standard InChI is InChI=1S/C29H40N7O5S2/c1-28(2,3)41-23(37)14-21(17-32-35-27(30)40)34-25(38)22-15-29(42-12-13-43-29)18-36(22)26(39)24-31-16-20(33-24)11-7-10-19-8-5-4-6-9-19/h4-6,8-9,16-17,21-22,32H,7,10-15,18H2,1-3H3,(H,31,33)(H,34,38)(H3,30,35,40)/t21-,22-/m0/s1. The topological polar surface area (TPSA) is 172 Å². The van der Waals surface area contributed by atoms with Crippen LogP contribution in [0.3, 0.4) is 0 Å². The minimum absolute atomic E-state index is 0.196. The van der Waals surface area contributed by atoms with Crippen molar-refractivity contribution in [2.45, 2.75) is 74.6 Å². The largest absolute Gasteiger partial charge is 0.460 e. The van der Waals surface area contributed by atoms with E-state index in [1.54, 1.807) is 55.4 Å². The van der Waals surface area contributed by atoms with Crippen LogP contribution in [0.2, 0.25) is 0 Å². The number of H-pyrrole nitrogens is 1. The summed E-state index contributed by atoms with van der Waals surface area (Å²) < 4.78 is 5.12. The first-order valence-corrected chi connectivity index (χ1v) is 16.2. The maximum atomic E-state index is 13.8. The van der Waals surface area contributed by atoms with Gasteiger partial charge in [0, 0.05) is 36.4 Å². The second kappa shape index (κ2) is 14.5. The maximum Gasteiger partial charge on any atom is 0.326 e. The Morgan fingerprint density at radius 3 is 2.58 bits per heavy atom. The molecule has 12 nitrogen and oxygen atoms in total. The molecule has 3 heterocycles. The molecule has 0 aliphatic carbocycles. The molecule has 0 saturated carbocycles. The minimum Gasteiger partial charge on any atom is -0.460 e. The number of esters is 1. The van der Waals surface area contributed by atoms with Gasteiger partial charge in [0.05, 0.1) is 23.1 Å². The fourth-order valence-electron chi connectivity index (χ4n) is 5.06. The van der Waals surface area contributed by atoms with E-state index in [4.69, 9.17) is 10.5 Å². The number of rotatable bonds is 12. The molecule has 43 heavy (non-hydrogen) atoms. The van der Waals surface area contributed by atoms with Crippen LogP contribution in [-0.4, -0.2) is 78.5 Å². The van der Waals surface area contributed by atoms with Gasteiger partial charge in [0.25, 0.3) is 5.91 Å². The van der Waals surface area contributed by atoms with E-state index in [-0.39, 0.29) is 22.2 Å². The van der Waals surface area contributed by atoms with Gasteiger partial charge >= 0.3 is 12.0 Å². The molecule has 2 atom stereocenters. The number of benzene rings is 1. The zero-order valence-corrected chi connectivity index (χ0v) is 26.3. The molecule has 1 radical (unpaired) electrons. The number of primary amides is 1. The summed E-state index contributed by atoms with van der Waals surface area (Å²) in [4.78, 5) is 60.3. The van der Waals surface area contributed by atoms with Gasteiger partial charge in [0.1, 0.15) is 11.6 Å². The first-order valence-electron chi connectivity index (χ1n) is 14.3. The number of hydrazine groups is 1. The Balaban J connectivity index is 1.44. The number of nitrogens with one attached hydrogen (secondary N) is 4. The maximum absolute atomic E-state index is 13.8. The van der Waals surface area contributed by atoms with Crippen LogP contribution in [0.1, 0.15) is 61.9 Å². The second-order valence-electron chi connectivity index (χ2n) is 11.6. The van der Waals surface area contributed by atoms with Crippen LogP contribution in [0.5, 0.6) is 0 Å². The Morgan fingerprint density at radius 1 is 1.19 bits per heavy atom. The normalized spacial score (nSPS) is 18.4. The van der Waals surface area contributed by atoms with Gasteiger partial charge < -0.3 is 25.7 Å². The quantitative estimate of drug-likeness (QED) is 0.175. The second-order valence-corrected chi connectivity index (χ2v) is 14.8. The number of aromatic amines is 1. The Morgan fingerprint density at radius 2 is 1.91 bits per heavy atom. The van der Waals surface area contributed by atoms with Crippen molar-refractivity contribution in [3.63, 3.8) is 0 Å². The number of hydrogen-bond acceptors (Lipinski definition) is 9. The Labute approximate surface area is 260 Å². The van der Waals surface area contributed by atoms with Crippen LogP contribution >= 0.6 is 23.5 Å². The molecule has 2 aliphatic rings. The molecule has 2 fully saturated rings. The van der Waals surface area contributed by atoms with E-state index >= 15 is 0 Å². The van der Waals surface area contributed by atoms with Crippen molar-refractivity contribution in [1.82, 2.24) is 31.0 Å². The third kappa shape index (κ3) is 9.63. The van der Waals surface area contributed by atoms with Gasteiger partial charge in [-0.15, -0.1) is 23.5 Å². The third-order valence-electron chi connectivity index (χ3n) is 6.87. The zero-order valence-electron chi connectivity index (χ0n) is 24.7. The highest BCUT2D eigenvalue weighted by atomic mass is 32.2. The molecule has 1 aromatic carbocycles. The van der Waals surface area contributed by atoms with Crippen molar-refractivity contribution in [3.8, 4) is 0 Å². The van der Waals surface area contributed by atoms with Crippen molar-refractivity contribution in [1.29, 1.82) is 0 Å². The minimum atomic E-state index is -0.855. The van der Waals surface area contributed by atoms with Crippen LogP contribution in [0, 0.1) is 6.54 Å². The monoisotopic (exact) mass is 630 g/mol. The van der Waals surface area contributed by atoms with Crippen LogP contribution in [0.25, 0.3) is 0 Å². The first kappa shape index (κ1) is 32.7. The van der Waals surface area contributed by atoms with Gasteiger partial charge in [-0.25, -0.2) is 15.2 Å². The van der Waals surface area contributed by atoms with Crippen molar-refractivity contribution < 1.29 is 23.9 Å².